The van der Waals surface area contributed by atoms with Gasteiger partial charge in [-0.25, -0.2) is 0 Å². The molecule has 1 aliphatic heterocycles. The average molecular weight is 288 g/mol. The highest BCUT2D eigenvalue weighted by Crippen LogP contribution is 2.15. The van der Waals surface area contributed by atoms with Gasteiger partial charge in [-0.15, -0.1) is 12.4 Å². The van der Waals surface area contributed by atoms with Gasteiger partial charge in [0, 0.05) is 26.3 Å². The van der Waals surface area contributed by atoms with Crippen LogP contribution in [0.15, 0.2) is 12.4 Å². The molecule has 7 nitrogen and oxygen atoms in total. The molecule has 0 aromatic carbocycles. The van der Waals surface area contributed by atoms with Crippen molar-refractivity contribution >= 4 is 29.9 Å². The number of hydrogen-bond acceptors (Lipinski definition) is 4. The first-order valence-electron chi connectivity index (χ1n) is 5.83. The fourth-order valence-corrected chi connectivity index (χ4v) is 1.97. The lowest BCUT2D eigenvalue weighted by Crippen LogP contribution is -2.53. The zero-order chi connectivity index (χ0) is 13.1. The van der Waals surface area contributed by atoms with Gasteiger partial charge in [-0.05, 0) is 7.05 Å². The molecule has 1 fully saturated rings. The maximum absolute atomic E-state index is 12.0. The van der Waals surface area contributed by atoms with Crippen LogP contribution in [0, 0.1) is 0 Å². The Labute approximate surface area is 117 Å². The fraction of sp³-hybridized carbons (Fsp3) is 0.545. The summed E-state index contributed by atoms with van der Waals surface area (Å²) in [7, 11) is 3.52. The predicted octanol–water partition coefficient (Wildman–Crippen LogP) is -0.763. The molecule has 0 atom stereocenters. The van der Waals surface area contributed by atoms with Crippen molar-refractivity contribution in [1.29, 1.82) is 0 Å². The molecule has 19 heavy (non-hydrogen) atoms. The lowest BCUT2D eigenvalue weighted by molar-refractivity contribution is -0.136. The Balaban J connectivity index is 0.00000180. The fourth-order valence-electron chi connectivity index (χ4n) is 1.97. The summed E-state index contributed by atoms with van der Waals surface area (Å²) in [6, 6.07) is 0. The zero-order valence-electron chi connectivity index (χ0n) is 11.0. The molecule has 1 saturated heterocycles. The van der Waals surface area contributed by atoms with Crippen LogP contribution < -0.4 is 10.2 Å². The molecule has 0 bridgehead atoms. The highest BCUT2D eigenvalue weighted by molar-refractivity contribution is 5.97. The third-order valence-electron chi connectivity index (χ3n) is 2.90. The van der Waals surface area contributed by atoms with Gasteiger partial charge in [-0.3, -0.25) is 14.3 Å². The van der Waals surface area contributed by atoms with Crippen LogP contribution >= 0.6 is 12.4 Å². The minimum Gasteiger partial charge on any atom is -0.330 e. The van der Waals surface area contributed by atoms with E-state index in [1.165, 1.54) is 0 Å². The van der Waals surface area contributed by atoms with Gasteiger partial charge in [0.25, 0.3) is 0 Å². The molecule has 106 valence electrons. The van der Waals surface area contributed by atoms with E-state index in [9.17, 15) is 9.59 Å². The van der Waals surface area contributed by atoms with E-state index < -0.39 is 0 Å². The second-order valence-corrected chi connectivity index (χ2v) is 4.26. The van der Waals surface area contributed by atoms with Gasteiger partial charge < -0.3 is 15.1 Å². The first kappa shape index (κ1) is 15.5. The second kappa shape index (κ2) is 6.53. The van der Waals surface area contributed by atoms with E-state index >= 15 is 0 Å². The first-order valence-corrected chi connectivity index (χ1v) is 5.83. The Bertz CT molecular complexity index is 462. The highest BCUT2D eigenvalue weighted by atomic mass is 35.5. The van der Waals surface area contributed by atoms with Crippen molar-refractivity contribution in [2.24, 2.45) is 7.05 Å². The molecule has 1 aliphatic rings. The number of anilines is 1. The molecule has 2 heterocycles. The number of halogens is 1. The summed E-state index contributed by atoms with van der Waals surface area (Å²) in [4.78, 5) is 26.9. The van der Waals surface area contributed by atoms with Gasteiger partial charge in [-0.2, -0.15) is 5.10 Å². The molecule has 8 heteroatoms. The van der Waals surface area contributed by atoms with Crippen molar-refractivity contribution in [2.75, 3.05) is 38.1 Å². The van der Waals surface area contributed by atoms with Gasteiger partial charge in [-0.1, -0.05) is 0 Å². The van der Waals surface area contributed by atoms with E-state index in [0.29, 0.717) is 13.1 Å². The van der Waals surface area contributed by atoms with Crippen LogP contribution in [0.25, 0.3) is 0 Å². The second-order valence-electron chi connectivity index (χ2n) is 4.26. The normalized spacial score (nSPS) is 15.4. The zero-order valence-corrected chi connectivity index (χ0v) is 11.8. The number of likely N-dealkylation sites (N-methyl/N-ethyl adjacent to an activating group) is 1. The predicted molar refractivity (Wildman–Crippen MR) is 73.3 cm³/mol. The molecule has 1 aromatic heterocycles. The molecular weight excluding hydrogens is 270 g/mol. The van der Waals surface area contributed by atoms with Crippen molar-refractivity contribution in [3.63, 3.8) is 0 Å². The molecule has 1 N–H and O–H groups in total. The molecule has 0 radical (unpaired) electrons. The minimum atomic E-state index is -0.0706. The maximum atomic E-state index is 12.0. The lowest BCUT2D eigenvalue weighted by Gasteiger charge is -2.33. The molecule has 2 rings (SSSR count). The Morgan fingerprint density at radius 3 is 2.74 bits per heavy atom. The van der Waals surface area contributed by atoms with Crippen LogP contribution in [-0.4, -0.2) is 59.7 Å². The number of aryl methyl sites for hydroxylation is 1. The van der Waals surface area contributed by atoms with Gasteiger partial charge in [0.15, 0.2) is 0 Å². The van der Waals surface area contributed by atoms with Crippen LogP contribution in [0.3, 0.4) is 0 Å². The van der Waals surface area contributed by atoms with Crippen molar-refractivity contribution in [3.8, 4) is 0 Å². The summed E-state index contributed by atoms with van der Waals surface area (Å²) in [5.41, 5.74) is 0.781. The number of carbonyl (C=O) groups excluding carboxylic acids is 2. The Hall–Kier alpha value is -1.60. The van der Waals surface area contributed by atoms with Gasteiger partial charge in [0.1, 0.15) is 6.54 Å². The molecular formula is C11H18ClN5O2. The van der Waals surface area contributed by atoms with Crippen molar-refractivity contribution in [1.82, 2.24) is 20.0 Å². The number of aromatic nitrogens is 2. The van der Waals surface area contributed by atoms with Crippen molar-refractivity contribution in [3.05, 3.63) is 12.4 Å². The number of hydrogen-bond donors (Lipinski definition) is 1. The highest BCUT2D eigenvalue weighted by Gasteiger charge is 2.28. The third-order valence-corrected chi connectivity index (χ3v) is 2.90. The summed E-state index contributed by atoms with van der Waals surface area (Å²) >= 11 is 0. The SMILES string of the molecule is CNCC(=O)N1CCN(c2cnn(C)c2)C(=O)C1.Cl. The quantitative estimate of drug-likeness (QED) is 0.793. The summed E-state index contributed by atoms with van der Waals surface area (Å²) in [5.74, 6) is -0.115. The Kier molecular flexibility index (Phi) is 5.31. The summed E-state index contributed by atoms with van der Waals surface area (Å²) in [6.45, 7) is 1.47. The summed E-state index contributed by atoms with van der Waals surface area (Å²) < 4.78 is 1.65. The van der Waals surface area contributed by atoms with Gasteiger partial charge >= 0.3 is 0 Å². The van der Waals surface area contributed by atoms with Crippen molar-refractivity contribution in [2.45, 2.75) is 0 Å². The van der Waals surface area contributed by atoms with Crippen molar-refractivity contribution < 1.29 is 9.59 Å². The van der Waals surface area contributed by atoms with Crippen LogP contribution in [0.5, 0.6) is 0 Å². The van der Waals surface area contributed by atoms with Gasteiger partial charge in [0.05, 0.1) is 18.4 Å². The smallest absolute Gasteiger partial charge is 0.246 e. The number of carbonyl (C=O) groups is 2. The Morgan fingerprint density at radius 1 is 1.47 bits per heavy atom. The molecule has 0 saturated carbocycles. The topological polar surface area (TPSA) is 70.5 Å². The monoisotopic (exact) mass is 287 g/mol. The van der Waals surface area contributed by atoms with E-state index in [-0.39, 0.29) is 37.3 Å². The molecule has 0 unspecified atom stereocenters. The molecule has 0 aliphatic carbocycles. The van der Waals surface area contributed by atoms with E-state index in [0.717, 1.165) is 5.69 Å². The van der Waals surface area contributed by atoms with Crippen LogP contribution in [0.4, 0.5) is 5.69 Å². The molecule has 1 aromatic rings. The molecule has 2 amide bonds. The number of amides is 2. The maximum Gasteiger partial charge on any atom is 0.246 e. The van der Waals surface area contributed by atoms with Crippen LogP contribution in [0.2, 0.25) is 0 Å². The Morgan fingerprint density at radius 2 is 2.21 bits per heavy atom. The summed E-state index contributed by atoms with van der Waals surface area (Å²) in [6.07, 6.45) is 3.45. The third kappa shape index (κ3) is 3.45. The van der Waals surface area contributed by atoms with E-state index in [1.54, 1.807) is 41.0 Å². The standard InChI is InChI=1S/C11H17N5O2.ClH/c1-12-6-10(17)15-3-4-16(11(18)8-15)9-5-13-14(2)7-9;/h5,7,12H,3-4,6,8H2,1-2H3;1H. The first-order chi connectivity index (χ1) is 8.61. The van der Waals surface area contributed by atoms with Crippen LogP contribution in [-0.2, 0) is 16.6 Å². The largest absolute Gasteiger partial charge is 0.330 e. The van der Waals surface area contributed by atoms with Gasteiger partial charge in [0.2, 0.25) is 11.8 Å². The number of nitrogens with zero attached hydrogens (tertiary/aromatic N) is 4. The number of nitrogens with one attached hydrogen (secondary N) is 1. The average Bonchev–Trinajstić information content (AvgIpc) is 2.76. The minimum absolute atomic E-state index is 0. The summed E-state index contributed by atoms with van der Waals surface area (Å²) in [5, 5.41) is 6.84. The van der Waals surface area contributed by atoms with Crippen LogP contribution in [0.1, 0.15) is 0 Å². The molecule has 0 spiro atoms. The van der Waals surface area contributed by atoms with E-state index in [1.807, 2.05) is 0 Å². The van der Waals surface area contributed by atoms with E-state index in [2.05, 4.69) is 10.4 Å². The lowest BCUT2D eigenvalue weighted by atomic mass is 10.3. The van der Waals surface area contributed by atoms with E-state index in [4.69, 9.17) is 0 Å². The number of piperazine rings is 1. The number of rotatable bonds is 3.